The minimum Gasteiger partial charge on any atom is -0.396 e. The van der Waals surface area contributed by atoms with E-state index in [-0.39, 0.29) is 18.9 Å². The highest BCUT2D eigenvalue weighted by Crippen LogP contribution is 2.24. The fourth-order valence-electron chi connectivity index (χ4n) is 3.01. The molecule has 2 heterocycles. The van der Waals surface area contributed by atoms with Crippen molar-refractivity contribution in [3.05, 3.63) is 53.5 Å². The van der Waals surface area contributed by atoms with E-state index in [1.807, 2.05) is 44.2 Å². The number of fused-ring (bicyclic) bond motifs is 1. The van der Waals surface area contributed by atoms with Crippen LogP contribution in [0, 0.1) is 25.7 Å². The molecule has 6 nitrogen and oxygen atoms in total. The van der Waals surface area contributed by atoms with Crippen molar-refractivity contribution < 1.29 is 9.90 Å². The molecule has 0 aliphatic heterocycles. The summed E-state index contributed by atoms with van der Waals surface area (Å²) in [5.41, 5.74) is 6.18. The van der Waals surface area contributed by atoms with E-state index in [0.717, 1.165) is 39.1 Å². The average Bonchev–Trinajstić information content (AvgIpc) is 2.72. The summed E-state index contributed by atoms with van der Waals surface area (Å²) < 4.78 is 0. The van der Waals surface area contributed by atoms with E-state index in [1.165, 1.54) is 0 Å². The summed E-state index contributed by atoms with van der Waals surface area (Å²) in [5.74, 6) is 5.95. The normalized spacial score (nSPS) is 10.5. The van der Waals surface area contributed by atoms with E-state index < -0.39 is 0 Å². The average molecular weight is 388 g/mol. The first-order valence-electron chi connectivity index (χ1n) is 9.52. The molecule has 0 radical (unpaired) electrons. The molecular formula is C23H24N4O2. The lowest BCUT2D eigenvalue weighted by molar-refractivity contribution is -0.128. The third kappa shape index (κ3) is 4.95. The van der Waals surface area contributed by atoms with Crippen LogP contribution in [0.1, 0.15) is 29.7 Å². The van der Waals surface area contributed by atoms with Gasteiger partial charge in [0.2, 0.25) is 5.91 Å². The van der Waals surface area contributed by atoms with Crippen LogP contribution in [0.25, 0.3) is 22.3 Å². The second-order valence-corrected chi connectivity index (χ2v) is 6.93. The molecule has 0 saturated heterocycles. The van der Waals surface area contributed by atoms with Crippen LogP contribution in [0.15, 0.2) is 36.7 Å². The lowest BCUT2D eigenvalue weighted by atomic mass is 10.0. The molecule has 0 saturated carbocycles. The van der Waals surface area contributed by atoms with Gasteiger partial charge in [-0.15, -0.1) is 0 Å². The van der Waals surface area contributed by atoms with Crippen LogP contribution < -0.4 is 0 Å². The summed E-state index contributed by atoms with van der Waals surface area (Å²) >= 11 is 0. The molecule has 0 spiro atoms. The molecule has 0 fully saturated rings. The topological polar surface area (TPSA) is 79.2 Å². The Morgan fingerprint density at radius 2 is 2.00 bits per heavy atom. The van der Waals surface area contributed by atoms with Gasteiger partial charge in [0.05, 0.1) is 23.3 Å². The maximum atomic E-state index is 12.0. The number of hydrogen-bond donors (Lipinski definition) is 1. The molecule has 0 aliphatic rings. The third-order valence-electron chi connectivity index (χ3n) is 4.67. The van der Waals surface area contributed by atoms with E-state index in [4.69, 9.17) is 10.1 Å². The number of pyridine rings is 1. The summed E-state index contributed by atoms with van der Waals surface area (Å²) in [6.45, 7) is 4.55. The fourth-order valence-corrected chi connectivity index (χ4v) is 3.01. The van der Waals surface area contributed by atoms with E-state index in [0.29, 0.717) is 13.0 Å². The first kappa shape index (κ1) is 20.4. The summed E-state index contributed by atoms with van der Waals surface area (Å²) in [7, 11) is 1.72. The highest BCUT2D eigenvalue weighted by Gasteiger charge is 2.09. The number of nitrogens with zero attached hydrogens (tertiary/aromatic N) is 4. The Hall–Kier alpha value is -3.30. The Labute approximate surface area is 170 Å². The van der Waals surface area contributed by atoms with Gasteiger partial charge in [0.15, 0.2) is 0 Å². The largest absolute Gasteiger partial charge is 0.396 e. The van der Waals surface area contributed by atoms with Gasteiger partial charge in [0, 0.05) is 31.3 Å². The van der Waals surface area contributed by atoms with E-state index in [2.05, 4.69) is 21.8 Å². The van der Waals surface area contributed by atoms with Crippen LogP contribution in [-0.4, -0.2) is 51.1 Å². The lowest BCUT2D eigenvalue weighted by Gasteiger charge is -2.14. The molecule has 3 aromatic rings. The molecular weight excluding hydrogens is 364 g/mol. The standard InChI is InChI=1S/C23H24N4O2/c1-16-13-20(26-23-17(2)24-15-25-22(16)23)19-9-4-7-18(14-19)8-5-10-21(29)27(3)11-6-12-28/h4,7,9,13-15,28H,6,10-12H2,1-3H3. The maximum Gasteiger partial charge on any atom is 0.234 e. The Morgan fingerprint density at radius 3 is 2.79 bits per heavy atom. The second kappa shape index (κ2) is 9.26. The molecule has 0 atom stereocenters. The minimum atomic E-state index is -0.0515. The van der Waals surface area contributed by atoms with Crippen molar-refractivity contribution in [2.75, 3.05) is 20.2 Å². The van der Waals surface area contributed by atoms with Crippen molar-refractivity contribution in [3.8, 4) is 23.1 Å². The highest BCUT2D eigenvalue weighted by atomic mass is 16.3. The molecule has 2 aromatic heterocycles. The molecule has 1 aromatic carbocycles. The first-order chi connectivity index (χ1) is 14.0. The second-order valence-electron chi connectivity index (χ2n) is 6.93. The van der Waals surface area contributed by atoms with Gasteiger partial charge in [0.25, 0.3) is 0 Å². The number of benzene rings is 1. The van der Waals surface area contributed by atoms with Crippen LogP contribution in [0.2, 0.25) is 0 Å². The SMILES string of the molecule is Cc1cc(-c2cccc(C#CCC(=O)N(C)CCCO)c2)nc2c(C)ncnc12. The zero-order valence-corrected chi connectivity index (χ0v) is 16.9. The van der Waals surface area contributed by atoms with E-state index in [9.17, 15) is 4.79 Å². The van der Waals surface area contributed by atoms with Crippen LogP contribution in [0.5, 0.6) is 0 Å². The summed E-state index contributed by atoms with van der Waals surface area (Å²) in [6, 6.07) is 9.83. The van der Waals surface area contributed by atoms with Gasteiger partial charge in [-0.05, 0) is 44.0 Å². The first-order valence-corrected chi connectivity index (χ1v) is 9.52. The zero-order chi connectivity index (χ0) is 20.8. The van der Waals surface area contributed by atoms with Crippen molar-refractivity contribution in [2.24, 2.45) is 0 Å². The zero-order valence-electron chi connectivity index (χ0n) is 16.9. The molecule has 6 heteroatoms. The summed E-state index contributed by atoms with van der Waals surface area (Å²) in [6.07, 6.45) is 2.28. The minimum absolute atomic E-state index is 0.0515. The Morgan fingerprint density at radius 1 is 1.17 bits per heavy atom. The number of carbonyl (C=O) groups is 1. The number of carbonyl (C=O) groups excluding carboxylic acids is 1. The fraction of sp³-hybridized carbons (Fsp3) is 0.304. The number of aliphatic hydroxyl groups is 1. The maximum absolute atomic E-state index is 12.0. The highest BCUT2D eigenvalue weighted by molar-refractivity contribution is 5.83. The number of aryl methyl sites for hydroxylation is 2. The van der Waals surface area contributed by atoms with Gasteiger partial charge in [-0.2, -0.15) is 0 Å². The van der Waals surface area contributed by atoms with Crippen molar-refractivity contribution in [3.63, 3.8) is 0 Å². The van der Waals surface area contributed by atoms with Gasteiger partial charge in [-0.3, -0.25) is 4.79 Å². The van der Waals surface area contributed by atoms with E-state index >= 15 is 0 Å². The number of aliphatic hydroxyl groups excluding tert-OH is 1. The number of aromatic nitrogens is 3. The van der Waals surface area contributed by atoms with Gasteiger partial charge < -0.3 is 10.0 Å². The van der Waals surface area contributed by atoms with Crippen LogP contribution >= 0.6 is 0 Å². The van der Waals surface area contributed by atoms with Crippen LogP contribution in [0.3, 0.4) is 0 Å². The van der Waals surface area contributed by atoms with Gasteiger partial charge in [0.1, 0.15) is 11.8 Å². The predicted molar refractivity (Wildman–Crippen MR) is 113 cm³/mol. The Kier molecular flexibility index (Phi) is 6.53. The number of rotatable bonds is 5. The van der Waals surface area contributed by atoms with Crippen molar-refractivity contribution in [1.82, 2.24) is 19.9 Å². The van der Waals surface area contributed by atoms with Crippen molar-refractivity contribution in [1.29, 1.82) is 0 Å². The molecule has 0 bridgehead atoms. The molecule has 3 rings (SSSR count). The lowest BCUT2D eigenvalue weighted by Crippen LogP contribution is -2.27. The number of amides is 1. The molecule has 29 heavy (non-hydrogen) atoms. The summed E-state index contributed by atoms with van der Waals surface area (Å²) in [5, 5.41) is 8.85. The third-order valence-corrected chi connectivity index (χ3v) is 4.67. The molecule has 0 aliphatic carbocycles. The van der Waals surface area contributed by atoms with Crippen LogP contribution in [0.4, 0.5) is 0 Å². The van der Waals surface area contributed by atoms with Gasteiger partial charge in [-0.1, -0.05) is 24.0 Å². The monoisotopic (exact) mass is 388 g/mol. The molecule has 1 amide bonds. The number of hydrogen-bond acceptors (Lipinski definition) is 5. The molecule has 1 N–H and O–H groups in total. The Bertz CT molecular complexity index is 1100. The van der Waals surface area contributed by atoms with Gasteiger partial charge >= 0.3 is 0 Å². The predicted octanol–water partition coefficient (Wildman–Crippen LogP) is 2.89. The molecule has 0 unspecified atom stereocenters. The molecule has 148 valence electrons. The Balaban J connectivity index is 1.82. The summed E-state index contributed by atoms with van der Waals surface area (Å²) in [4.78, 5) is 27.0. The van der Waals surface area contributed by atoms with Crippen molar-refractivity contribution in [2.45, 2.75) is 26.7 Å². The van der Waals surface area contributed by atoms with Gasteiger partial charge in [-0.25, -0.2) is 15.0 Å². The van der Waals surface area contributed by atoms with Crippen LogP contribution in [-0.2, 0) is 4.79 Å². The smallest absolute Gasteiger partial charge is 0.234 e. The van der Waals surface area contributed by atoms with Crippen molar-refractivity contribution >= 4 is 16.9 Å². The quantitative estimate of drug-likeness (QED) is 0.680. The van der Waals surface area contributed by atoms with E-state index in [1.54, 1.807) is 18.3 Å².